The van der Waals surface area contributed by atoms with E-state index in [-0.39, 0.29) is 18.4 Å². The zero-order valence-corrected chi connectivity index (χ0v) is 18.4. The van der Waals surface area contributed by atoms with E-state index in [1.165, 1.54) is 16.2 Å². The lowest BCUT2D eigenvalue weighted by molar-refractivity contribution is -0.116. The number of rotatable bonds is 9. The Balaban J connectivity index is 1.49. The summed E-state index contributed by atoms with van der Waals surface area (Å²) in [6.45, 7) is 0.515. The second-order valence-electron chi connectivity index (χ2n) is 6.67. The van der Waals surface area contributed by atoms with E-state index >= 15 is 0 Å². The third-order valence-corrected chi connectivity index (χ3v) is 5.91. The number of anilines is 2. The molecule has 10 heteroatoms. The number of cyclic esters (lactones) is 1. The first kappa shape index (κ1) is 22.4. The number of nitrogens with zero attached hydrogens (tertiary/aromatic N) is 1. The average Bonchev–Trinajstić information content (AvgIpc) is 3.32. The minimum Gasteiger partial charge on any atom is -0.442 e. The van der Waals surface area contributed by atoms with Crippen LogP contribution >= 0.6 is 34.5 Å². The van der Waals surface area contributed by atoms with Crippen LogP contribution in [0.5, 0.6) is 0 Å². The minimum atomic E-state index is -0.480. The predicted octanol–water partition coefficient (Wildman–Crippen LogP) is 4.50. The molecule has 0 spiro atoms. The SMILES string of the molecule is O=C(CCCCCl)Nc1ccc(N2CC(CNC(=O)c3ccc(Cl)s3)OC2=O)cc1. The third kappa shape index (κ3) is 6.10. The van der Waals surface area contributed by atoms with Crippen LogP contribution in [0.2, 0.25) is 4.34 Å². The first-order valence-corrected chi connectivity index (χ1v) is 11.2. The lowest BCUT2D eigenvalue weighted by Crippen LogP contribution is -2.34. The van der Waals surface area contributed by atoms with Gasteiger partial charge in [-0.25, -0.2) is 4.79 Å². The molecule has 0 aliphatic carbocycles. The van der Waals surface area contributed by atoms with Crippen LogP contribution in [0.1, 0.15) is 28.9 Å². The standard InChI is InChI=1S/C20H21Cl2N3O4S/c21-10-2-1-3-18(26)24-13-4-6-14(7-5-13)25-12-15(29-20(25)28)11-23-19(27)16-8-9-17(22)30-16/h4-9,15H,1-3,10-12H2,(H,23,27)(H,24,26). The van der Waals surface area contributed by atoms with Crippen molar-refractivity contribution in [1.29, 1.82) is 0 Å². The number of halogens is 2. The number of alkyl halides is 1. The van der Waals surface area contributed by atoms with Crippen molar-refractivity contribution in [3.63, 3.8) is 0 Å². The highest BCUT2D eigenvalue weighted by molar-refractivity contribution is 7.18. The summed E-state index contributed by atoms with van der Waals surface area (Å²) in [6.07, 6.45) is 1.01. The van der Waals surface area contributed by atoms with Gasteiger partial charge in [0, 0.05) is 23.7 Å². The molecule has 2 aromatic rings. The van der Waals surface area contributed by atoms with E-state index in [9.17, 15) is 14.4 Å². The van der Waals surface area contributed by atoms with Crippen molar-refractivity contribution in [2.75, 3.05) is 29.2 Å². The quantitative estimate of drug-likeness (QED) is 0.417. The van der Waals surface area contributed by atoms with Crippen LogP contribution in [0.25, 0.3) is 0 Å². The number of amides is 3. The molecule has 0 saturated carbocycles. The van der Waals surface area contributed by atoms with Gasteiger partial charge >= 0.3 is 6.09 Å². The molecule has 1 unspecified atom stereocenters. The van der Waals surface area contributed by atoms with Gasteiger partial charge in [0.15, 0.2) is 0 Å². The van der Waals surface area contributed by atoms with Crippen LogP contribution in [-0.2, 0) is 9.53 Å². The van der Waals surface area contributed by atoms with Crippen LogP contribution in [-0.4, -0.2) is 43.0 Å². The number of unbranched alkanes of at least 4 members (excludes halogenated alkanes) is 1. The highest BCUT2D eigenvalue weighted by Gasteiger charge is 2.32. The summed E-state index contributed by atoms with van der Waals surface area (Å²) in [5, 5.41) is 5.57. The largest absolute Gasteiger partial charge is 0.442 e. The molecule has 30 heavy (non-hydrogen) atoms. The Hall–Kier alpha value is -2.29. The Bertz CT molecular complexity index is 904. The number of hydrogen-bond donors (Lipinski definition) is 2. The van der Waals surface area contributed by atoms with Crippen LogP contribution in [0.4, 0.5) is 16.2 Å². The summed E-state index contributed by atoms with van der Waals surface area (Å²) in [6, 6.07) is 10.3. The molecule has 0 bridgehead atoms. The van der Waals surface area contributed by atoms with Gasteiger partial charge in [0.05, 0.1) is 22.3 Å². The Morgan fingerprint density at radius 2 is 1.93 bits per heavy atom. The van der Waals surface area contributed by atoms with Gasteiger partial charge < -0.3 is 15.4 Å². The molecule has 3 rings (SSSR count). The molecule has 1 aromatic heterocycles. The van der Waals surface area contributed by atoms with E-state index in [1.807, 2.05) is 0 Å². The van der Waals surface area contributed by atoms with E-state index in [2.05, 4.69) is 10.6 Å². The van der Waals surface area contributed by atoms with Gasteiger partial charge in [0.25, 0.3) is 5.91 Å². The van der Waals surface area contributed by atoms with E-state index < -0.39 is 12.2 Å². The van der Waals surface area contributed by atoms with Gasteiger partial charge in [-0.2, -0.15) is 0 Å². The summed E-state index contributed by atoms with van der Waals surface area (Å²) < 4.78 is 5.87. The molecule has 160 valence electrons. The fourth-order valence-electron chi connectivity index (χ4n) is 2.90. The van der Waals surface area contributed by atoms with Crippen LogP contribution < -0.4 is 15.5 Å². The molecule has 0 radical (unpaired) electrons. The fraction of sp³-hybridized carbons (Fsp3) is 0.350. The molecular formula is C20H21Cl2N3O4S. The number of benzene rings is 1. The number of carbonyl (C=O) groups excluding carboxylic acids is 3. The normalized spacial score (nSPS) is 15.7. The molecule has 2 N–H and O–H groups in total. The second kappa shape index (κ2) is 10.7. The Morgan fingerprint density at radius 1 is 1.17 bits per heavy atom. The van der Waals surface area contributed by atoms with Crippen molar-refractivity contribution in [1.82, 2.24) is 5.32 Å². The van der Waals surface area contributed by atoms with E-state index in [0.717, 1.165) is 12.8 Å². The third-order valence-electron chi connectivity index (χ3n) is 4.41. The molecule has 1 saturated heterocycles. The number of nitrogens with one attached hydrogen (secondary N) is 2. The molecule has 1 atom stereocenters. The fourth-order valence-corrected chi connectivity index (χ4v) is 4.05. The first-order chi connectivity index (χ1) is 14.5. The lowest BCUT2D eigenvalue weighted by Gasteiger charge is -2.14. The topological polar surface area (TPSA) is 87.7 Å². The van der Waals surface area contributed by atoms with Crippen molar-refractivity contribution in [2.24, 2.45) is 0 Å². The number of carbonyl (C=O) groups is 3. The smallest absolute Gasteiger partial charge is 0.414 e. The Kier molecular flexibility index (Phi) is 7.95. The molecule has 1 aliphatic heterocycles. The summed E-state index contributed by atoms with van der Waals surface area (Å²) in [7, 11) is 0. The molecule has 1 aliphatic rings. The zero-order chi connectivity index (χ0) is 21.5. The van der Waals surface area contributed by atoms with Gasteiger partial charge in [-0.3, -0.25) is 14.5 Å². The molecule has 2 heterocycles. The molecule has 3 amide bonds. The highest BCUT2D eigenvalue weighted by atomic mass is 35.5. The average molecular weight is 470 g/mol. The van der Waals surface area contributed by atoms with Gasteiger partial charge in [-0.15, -0.1) is 22.9 Å². The number of thiophene rings is 1. The van der Waals surface area contributed by atoms with Crippen molar-refractivity contribution in [2.45, 2.75) is 25.4 Å². The van der Waals surface area contributed by atoms with Gasteiger partial charge in [-0.1, -0.05) is 11.6 Å². The summed E-state index contributed by atoms with van der Waals surface area (Å²) in [5.41, 5.74) is 1.31. The van der Waals surface area contributed by atoms with Crippen LogP contribution in [0.15, 0.2) is 36.4 Å². The molecule has 7 nitrogen and oxygen atoms in total. The first-order valence-electron chi connectivity index (χ1n) is 9.44. The minimum absolute atomic E-state index is 0.0729. The number of hydrogen-bond acceptors (Lipinski definition) is 5. The zero-order valence-electron chi connectivity index (χ0n) is 16.0. The molecule has 1 aromatic carbocycles. The van der Waals surface area contributed by atoms with E-state index in [4.69, 9.17) is 27.9 Å². The van der Waals surface area contributed by atoms with Gasteiger partial charge in [-0.05, 0) is 49.2 Å². The predicted molar refractivity (Wildman–Crippen MR) is 119 cm³/mol. The van der Waals surface area contributed by atoms with E-state index in [1.54, 1.807) is 36.4 Å². The highest BCUT2D eigenvalue weighted by Crippen LogP contribution is 2.24. The monoisotopic (exact) mass is 469 g/mol. The van der Waals surface area contributed by atoms with Gasteiger partial charge in [0.2, 0.25) is 5.91 Å². The maximum Gasteiger partial charge on any atom is 0.414 e. The second-order valence-corrected chi connectivity index (χ2v) is 8.76. The Labute approximate surface area is 188 Å². The summed E-state index contributed by atoms with van der Waals surface area (Å²) in [4.78, 5) is 38.2. The van der Waals surface area contributed by atoms with Crippen LogP contribution in [0.3, 0.4) is 0 Å². The molecule has 1 fully saturated rings. The maximum atomic E-state index is 12.2. The van der Waals surface area contributed by atoms with Gasteiger partial charge in [0.1, 0.15) is 6.10 Å². The Morgan fingerprint density at radius 3 is 2.60 bits per heavy atom. The lowest BCUT2D eigenvalue weighted by atomic mass is 10.2. The van der Waals surface area contributed by atoms with Crippen molar-refractivity contribution in [3.8, 4) is 0 Å². The summed E-state index contributed by atoms with van der Waals surface area (Å²) >= 11 is 12.6. The number of ether oxygens (including phenoxy) is 1. The van der Waals surface area contributed by atoms with E-state index in [0.29, 0.717) is 39.4 Å². The summed E-state index contributed by atoms with van der Waals surface area (Å²) in [5.74, 6) is 0.213. The van der Waals surface area contributed by atoms with Crippen molar-refractivity contribution >= 4 is 63.8 Å². The van der Waals surface area contributed by atoms with Crippen molar-refractivity contribution < 1.29 is 19.1 Å². The van der Waals surface area contributed by atoms with Crippen molar-refractivity contribution in [3.05, 3.63) is 45.6 Å². The molecular weight excluding hydrogens is 449 g/mol. The van der Waals surface area contributed by atoms with Crippen LogP contribution in [0, 0.1) is 0 Å². The maximum absolute atomic E-state index is 12.2.